The summed E-state index contributed by atoms with van der Waals surface area (Å²) in [6, 6.07) is 0. The van der Waals surface area contributed by atoms with Crippen molar-refractivity contribution in [3.8, 4) is 11.8 Å². The van der Waals surface area contributed by atoms with Crippen LogP contribution in [0.2, 0.25) is 0 Å². The summed E-state index contributed by atoms with van der Waals surface area (Å²) in [4.78, 5) is 35.4. The van der Waals surface area contributed by atoms with Crippen molar-refractivity contribution in [3.63, 3.8) is 0 Å². The zero-order valence-corrected chi connectivity index (χ0v) is 25.3. The van der Waals surface area contributed by atoms with Gasteiger partial charge >= 0.3 is 17.9 Å². The van der Waals surface area contributed by atoms with Crippen LogP contribution in [0.3, 0.4) is 0 Å². The minimum atomic E-state index is -0.676. The summed E-state index contributed by atoms with van der Waals surface area (Å²) in [7, 11) is 0. The third-order valence-corrected chi connectivity index (χ3v) is 5.30. The summed E-state index contributed by atoms with van der Waals surface area (Å²) in [5, 5.41) is 0. The molecule has 0 spiro atoms. The SMILES string of the molecule is CC/C=C/C/C=C/C/C=C/CCCCC(=O)OCC/C(=C/OC(C)=O)C(C/C=C(\C)C#CC=C(C)C)OC(C)=O. The minimum absolute atomic E-state index is 0.0897. The lowest BCUT2D eigenvalue weighted by molar-refractivity contribution is -0.146. The van der Waals surface area contributed by atoms with E-state index in [2.05, 4.69) is 55.2 Å². The molecule has 6 nitrogen and oxygen atoms in total. The summed E-state index contributed by atoms with van der Waals surface area (Å²) in [6.45, 7) is 10.6. The van der Waals surface area contributed by atoms with E-state index in [-0.39, 0.29) is 19.0 Å². The van der Waals surface area contributed by atoms with E-state index in [0.717, 1.165) is 49.7 Å². The van der Waals surface area contributed by atoms with E-state index >= 15 is 0 Å². The summed E-state index contributed by atoms with van der Waals surface area (Å²) in [5.41, 5.74) is 2.46. The van der Waals surface area contributed by atoms with Crippen LogP contribution in [-0.4, -0.2) is 30.6 Å². The minimum Gasteiger partial charge on any atom is -0.465 e. The van der Waals surface area contributed by atoms with Gasteiger partial charge in [0.1, 0.15) is 6.10 Å². The molecular formula is C34H48O6. The van der Waals surface area contributed by atoms with Gasteiger partial charge in [0.15, 0.2) is 0 Å². The molecule has 0 aromatic rings. The first-order chi connectivity index (χ1) is 19.1. The lowest BCUT2D eigenvalue weighted by Crippen LogP contribution is -2.21. The van der Waals surface area contributed by atoms with E-state index in [4.69, 9.17) is 14.2 Å². The standard InChI is InChI=1S/C34H48O6/c1-7-8-9-10-11-12-13-14-15-16-17-18-22-34(37)38-26-25-32(27-39-30(5)35)33(40-31(6)36)24-23-29(4)21-19-20-28(2)3/h8-9,11-12,14-15,20,23,27,33H,7,10,13,16-18,22,24-26H2,1-6H3/b9-8+,12-11+,15-14+,29-23+,32-27-. The monoisotopic (exact) mass is 552 g/mol. The zero-order chi connectivity index (χ0) is 30.0. The van der Waals surface area contributed by atoms with Crippen molar-refractivity contribution in [2.24, 2.45) is 0 Å². The first-order valence-corrected chi connectivity index (χ1v) is 14.1. The molecule has 1 atom stereocenters. The van der Waals surface area contributed by atoms with Gasteiger partial charge in [0.2, 0.25) is 0 Å². The maximum atomic E-state index is 12.2. The van der Waals surface area contributed by atoms with Crippen LogP contribution in [0, 0.1) is 11.8 Å². The quantitative estimate of drug-likeness (QED) is 0.0428. The van der Waals surface area contributed by atoms with Crippen molar-refractivity contribution >= 4 is 17.9 Å². The van der Waals surface area contributed by atoms with Crippen molar-refractivity contribution in [2.45, 2.75) is 105 Å². The molecule has 0 radical (unpaired) electrons. The van der Waals surface area contributed by atoms with Crippen molar-refractivity contribution < 1.29 is 28.6 Å². The van der Waals surface area contributed by atoms with Gasteiger partial charge in [-0.15, -0.1) is 0 Å². The highest BCUT2D eigenvalue weighted by Crippen LogP contribution is 2.18. The fraction of sp³-hybridized carbons (Fsp3) is 0.500. The van der Waals surface area contributed by atoms with E-state index < -0.39 is 18.0 Å². The second kappa shape index (κ2) is 24.5. The largest absolute Gasteiger partial charge is 0.465 e. The van der Waals surface area contributed by atoms with Crippen LogP contribution in [0.1, 0.15) is 99.3 Å². The summed E-state index contributed by atoms with van der Waals surface area (Å²) in [6.07, 6.45) is 23.7. The fourth-order valence-corrected chi connectivity index (χ4v) is 3.27. The number of carbonyl (C=O) groups excluding carboxylic acids is 3. The molecule has 0 heterocycles. The van der Waals surface area contributed by atoms with Crippen LogP contribution in [0.5, 0.6) is 0 Å². The molecule has 0 aliphatic heterocycles. The maximum Gasteiger partial charge on any atom is 0.307 e. The molecule has 0 amide bonds. The van der Waals surface area contributed by atoms with Crippen molar-refractivity contribution in [1.82, 2.24) is 0 Å². The smallest absolute Gasteiger partial charge is 0.307 e. The number of carbonyl (C=O) groups is 3. The second-order valence-corrected chi connectivity index (χ2v) is 9.52. The van der Waals surface area contributed by atoms with E-state index in [1.807, 2.05) is 32.9 Å². The first-order valence-electron chi connectivity index (χ1n) is 14.1. The van der Waals surface area contributed by atoms with Gasteiger partial charge in [-0.2, -0.15) is 0 Å². The fourth-order valence-electron chi connectivity index (χ4n) is 3.27. The number of hydrogen-bond acceptors (Lipinski definition) is 6. The highest BCUT2D eigenvalue weighted by Gasteiger charge is 2.18. The average Bonchev–Trinajstić information content (AvgIpc) is 2.88. The molecule has 0 aromatic carbocycles. The summed E-state index contributed by atoms with van der Waals surface area (Å²) >= 11 is 0. The molecule has 6 heteroatoms. The van der Waals surface area contributed by atoms with E-state index in [0.29, 0.717) is 18.4 Å². The van der Waals surface area contributed by atoms with Crippen molar-refractivity contribution in [3.05, 3.63) is 71.6 Å². The summed E-state index contributed by atoms with van der Waals surface area (Å²) in [5.74, 6) is 4.75. The van der Waals surface area contributed by atoms with Crippen LogP contribution in [0.25, 0.3) is 0 Å². The Morgan fingerprint density at radius 2 is 1.50 bits per heavy atom. The van der Waals surface area contributed by atoms with Crippen LogP contribution < -0.4 is 0 Å². The Morgan fingerprint density at radius 3 is 2.12 bits per heavy atom. The Kier molecular flexibility index (Phi) is 22.3. The number of rotatable bonds is 18. The molecule has 0 rings (SSSR count). The van der Waals surface area contributed by atoms with Crippen LogP contribution in [0.4, 0.5) is 0 Å². The molecule has 0 saturated carbocycles. The molecule has 0 saturated heterocycles. The van der Waals surface area contributed by atoms with Gasteiger partial charge < -0.3 is 14.2 Å². The Balaban J connectivity index is 4.77. The molecule has 40 heavy (non-hydrogen) atoms. The lowest BCUT2D eigenvalue weighted by Gasteiger charge is -2.19. The summed E-state index contributed by atoms with van der Waals surface area (Å²) < 4.78 is 16.0. The molecule has 0 aliphatic carbocycles. The number of esters is 3. The van der Waals surface area contributed by atoms with Gasteiger partial charge in [-0.1, -0.05) is 66.9 Å². The molecule has 0 bridgehead atoms. The van der Waals surface area contributed by atoms with E-state index in [1.54, 1.807) is 0 Å². The molecule has 1 unspecified atom stereocenters. The highest BCUT2D eigenvalue weighted by molar-refractivity contribution is 5.69. The van der Waals surface area contributed by atoms with Crippen LogP contribution >= 0.6 is 0 Å². The Hall–Kier alpha value is -3.59. The normalized spacial score (nSPS) is 12.8. The maximum absolute atomic E-state index is 12.2. The number of allylic oxidation sites excluding steroid dienone is 9. The predicted octanol–water partition coefficient (Wildman–Crippen LogP) is 8.02. The average molecular weight is 553 g/mol. The predicted molar refractivity (Wildman–Crippen MR) is 162 cm³/mol. The van der Waals surface area contributed by atoms with Crippen LogP contribution in [-0.2, 0) is 28.6 Å². The van der Waals surface area contributed by atoms with E-state index in [1.165, 1.54) is 20.1 Å². The van der Waals surface area contributed by atoms with Gasteiger partial charge in [0.05, 0.1) is 12.9 Å². The number of unbranched alkanes of at least 4 members (excludes halogenated alkanes) is 2. The molecule has 0 N–H and O–H groups in total. The van der Waals surface area contributed by atoms with Gasteiger partial charge in [0.25, 0.3) is 0 Å². The van der Waals surface area contributed by atoms with Gasteiger partial charge in [-0.25, -0.2) is 0 Å². The van der Waals surface area contributed by atoms with Gasteiger partial charge in [-0.05, 0) is 70.9 Å². The zero-order valence-electron chi connectivity index (χ0n) is 25.3. The first kappa shape index (κ1) is 36.4. The molecule has 0 aliphatic rings. The highest BCUT2D eigenvalue weighted by atomic mass is 16.6. The van der Waals surface area contributed by atoms with Crippen molar-refractivity contribution in [1.29, 1.82) is 0 Å². The number of ether oxygens (including phenoxy) is 3. The Labute approximate surface area is 241 Å². The van der Waals surface area contributed by atoms with Crippen LogP contribution in [0.15, 0.2) is 71.6 Å². The lowest BCUT2D eigenvalue weighted by atomic mass is 10.0. The van der Waals surface area contributed by atoms with Crippen molar-refractivity contribution in [2.75, 3.05) is 6.61 Å². The van der Waals surface area contributed by atoms with E-state index in [9.17, 15) is 14.4 Å². The topological polar surface area (TPSA) is 78.9 Å². The molecular weight excluding hydrogens is 504 g/mol. The Bertz CT molecular complexity index is 1010. The van der Waals surface area contributed by atoms with Gasteiger partial charge in [-0.3, -0.25) is 14.4 Å². The van der Waals surface area contributed by atoms with Gasteiger partial charge in [0, 0.05) is 38.7 Å². The molecule has 0 fully saturated rings. The Morgan fingerprint density at radius 1 is 0.825 bits per heavy atom. The molecule has 0 aromatic heterocycles. The third-order valence-electron chi connectivity index (χ3n) is 5.30. The second-order valence-electron chi connectivity index (χ2n) is 9.52. The third kappa shape index (κ3) is 23.5. The molecule has 220 valence electrons. The number of hydrogen-bond donors (Lipinski definition) is 0.